The molecule has 0 aromatic carbocycles. The van der Waals surface area contributed by atoms with E-state index in [2.05, 4.69) is 4.52 Å². The Labute approximate surface area is 71.7 Å². The average Bonchev–Trinajstić information content (AvgIpc) is 1.87. The molecule has 0 aromatic rings. The van der Waals surface area contributed by atoms with Crippen molar-refractivity contribution in [3.8, 4) is 0 Å². The van der Waals surface area contributed by atoms with Gasteiger partial charge < -0.3 is 10.00 Å². The van der Waals surface area contributed by atoms with Crippen molar-refractivity contribution in [3.63, 3.8) is 0 Å². The number of carboxylic acid groups (broad SMARTS) is 1. The summed E-state index contributed by atoms with van der Waals surface area (Å²) in [4.78, 5) is 16.8. The summed E-state index contributed by atoms with van der Waals surface area (Å²) in [6, 6.07) is 0. The average molecular weight is 215 g/mol. The minimum Gasteiger partial charge on any atom is -0.481 e. The zero-order chi connectivity index (χ0) is 9.98. The van der Waals surface area contributed by atoms with E-state index in [1.807, 2.05) is 0 Å². The molecule has 0 radical (unpaired) electrons. The fraction of sp³-hybridized carbons (Fsp3) is 0.750. The van der Waals surface area contributed by atoms with E-state index in [1.165, 1.54) is 6.66 Å². The van der Waals surface area contributed by atoms with E-state index in [0.717, 1.165) is 0 Å². The first-order valence-corrected chi connectivity index (χ1v) is 5.15. The number of carboxylic acids is 1. The molecule has 0 amide bonds. The Bertz CT molecular complexity index is 144. The quantitative estimate of drug-likeness (QED) is 0.679. The summed E-state index contributed by atoms with van der Waals surface area (Å²) in [7, 11) is -2.48. The van der Waals surface area contributed by atoms with Gasteiger partial charge in [-0.25, -0.2) is 4.57 Å². The second-order valence-corrected chi connectivity index (χ2v) is 2.80. The molecule has 0 heterocycles. The summed E-state index contributed by atoms with van der Waals surface area (Å²) < 4.78 is 23.1. The maximum atomic E-state index is 10.2. The molecule has 0 aromatic heterocycles. The van der Waals surface area contributed by atoms with Crippen LogP contribution in [0.25, 0.3) is 0 Å². The highest BCUT2D eigenvalue weighted by molar-refractivity contribution is 7.38. The van der Waals surface area contributed by atoms with E-state index in [9.17, 15) is 9.36 Å². The van der Waals surface area contributed by atoms with E-state index in [4.69, 9.17) is 14.6 Å². The molecule has 2 N–H and O–H groups in total. The molecule has 0 aliphatic carbocycles. The van der Waals surface area contributed by atoms with Crippen LogP contribution in [0.5, 0.6) is 0 Å². The van der Waals surface area contributed by atoms with Crippen molar-refractivity contribution >= 4 is 22.7 Å². The Morgan fingerprint density at radius 3 is 2.33 bits per heavy atom. The highest BCUT2D eigenvalue weighted by atomic mass is 31.1. The highest BCUT2D eigenvalue weighted by Gasteiger charge is 2.07. The van der Waals surface area contributed by atoms with E-state index in [1.54, 1.807) is 0 Å². The lowest BCUT2D eigenvalue weighted by atomic mass is 10.5. The zero-order valence-electron chi connectivity index (χ0n) is 6.34. The molecule has 0 fully saturated rings. The first kappa shape index (κ1) is 14.1. The Kier molecular flexibility index (Phi) is 12.5. The Balaban J connectivity index is 0. The highest BCUT2D eigenvalue weighted by Crippen LogP contribution is 2.14. The maximum absolute atomic E-state index is 10.2. The van der Waals surface area contributed by atoms with Gasteiger partial charge in [-0.1, -0.05) is 0 Å². The SMILES string of the molecule is C[P+](=O)OCCC(=O)O.O=PO. The van der Waals surface area contributed by atoms with Crippen molar-refractivity contribution < 1.29 is 28.4 Å². The van der Waals surface area contributed by atoms with Crippen molar-refractivity contribution in [1.29, 1.82) is 0 Å². The topological polar surface area (TPSA) is 101 Å². The van der Waals surface area contributed by atoms with Crippen LogP contribution < -0.4 is 0 Å². The second kappa shape index (κ2) is 10.6. The van der Waals surface area contributed by atoms with E-state index >= 15 is 0 Å². The molecule has 1 atom stereocenters. The lowest BCUT2D eigenvalue weighted by molar-refractivity contribution is -0.137. The van der Waals surface area contributed by atoms with Crippen LogP contribution >= 0.6 is 16.7 Å². The normalized spacial score (nSPS) is 10.0. The van der Waals surface area contributed by atoms with Crippen molar-refractivity contribution in [1.82, 2.24) is 0 Å². The molecular weight excluding hydrogens is 206 g/mol. The first-order valence-electron chi connectivity index (χ1n) is 2.76. The minimum atomic E-state index is -1.64. The molecule has 8 heteroatoms. The molecule has 1 unspecified atom stereocenters. The van der Waals surface area contributed by atoms with Crippen molar-refractivity contribution in [2.75, 3.05) is 13.3 Å². The molecular formula is C4H9O6P2+. The van der Waals surface area contributed by atoms with Gasteiger partial charge in [0.25, 0.3) is 0 Å². The van der Waals surface area contributed by atoms with Crippen LogP contribution in [-0.2, 0) is 18.4 Å². The van der Waals surface area contributed by atoms with Crippen molar-refractivity contribution in [2.45, 2.75) is 6.42 Å². The summed E-state index contributed by atoms with van der Waals surface area (Å²) in [5, 5.41) is 8.05. The van der Waals surface area contributed by atoms with E-state index in [-0.39, 0.29) is 13.0 Å². The largest absolute Gasteiger partial charge is 0.504 e. The molecule has 0 bridgehead atoms. The van der Waals surface area contributed by atoms with Gasteiger partial charge >= 0.3 is 22.7 Å². The second-order valence-electron chi connectivity index (χ2n) is 1.50. The van der Waals surface area contributed by atoms with Gasteiger partial charge in [0.05, 0.1) is 6.42 Å². The third kappa shape index (κ3) is 22.6. The Morgan fingerprint density at radius 2 is 2.08 bits per heavy atom. The van der Waals surface area contributed by atoms with Crippen LogP contribution in [0.4, 0.5) is 0 Å². The van der Waals surface area contributed by atoms with Gasteiger partial charge in [-0.15, -0.1) is 4.52 Å². The molecule has 12 heavy (non-hydrogen) atoms. The van der Waals surface area contributed by atoms with Gasteiger partial charge in [-0.3, -0.25) is 4.79 Å². The fourth-order valence-electron chi connectivity index (χ4n) is 0.262. The molecule has 0 aliphatic heterocycles. The van der Waals surface area contributed by atoms with Crippen molar-refractivity contribution in [3.05, 3.63) is 0 Å². The molecule has 0 spiro atoms. The Morgan fingerprint density at radius 1 is 1.67 bits per heavy atom. The van der Waals surface area contributed by atoms with Crippen LogP contribution in [0.3, 0.4) is 0 Å². The summed E-state index contributed by atoms with van der Waals surface area (Å²) >= 11 is 0. The number of hydrogen-bond acceptors (Lipinski definition) is 4. The number of aliphatic carboxylic acids is 1. The van der Waals surface area contributed by atoms with Gasteiger partial charge in [0.15, 0.2) is 6.66 Å². The number of rotatable bonds is 4. The first-order chi connectivity index (χ1) is 5.54. The summed E-state index contributed by atoms with van der Waals surface area (Å²) in [5.74, 6) is -0.938. The third-order valence-corrected chi connectivity index (χ3v) is 1.14. The molecule has 0 aliphatic rings. The van der Waals surface area contributed by atoms with E-state index in [0.29, 0.717) is 0 Å². The third-order valence-electron chi connectivity index (χ3n) is 0.589. The van der Waals surface area contributed by atoms with Crippen LogP contribution in [0.2, 0.25) is 0 Å². The molecule has 0 rings (SSSR count). The van der Waals surface area contributed by atoms with Crippen molar-refractivity contribution in [2.24, 2.45) is 0 Å². The van der Waals surface area contributed by atoms with Crippen LogP contribution in [-0.4, -0.2) is 29.2 Å². The monoisotopic (exact) mass is 215 g/mol. The van der Waals surface area contributed by atoms with E-state index < -0.39 is 22.7 Å². The van der Waals surface area contributed by atoms with Crippen LogP contribution in [0.15, 0.2) is 0 Å². The Hall–Kier alpha value is -0.410. The number of hydrogen-bond donors (Lipinski definition) is 2. The number of carbonyl (C=O) groups is 1. The summed E-state index contributed by atoms with van der Waals surface area (Å²) in [6.45, 7) is 1.41. The van der Waals surface area contributed by atoms with Gasteiger partial charge in [-0.05, 0) is 4.57 Å². The predicted molar refractivity (Wildman–Crippen MR) is 41.6 cm³/mol. The molecule has 6 nitrogen and oxygen atoms in total. The van der Waals surface area contributed by atoms with Gasteiger partial charge in [0.1, 0.15) is 6.61 Å². The lowest BCUT2D eigenvalue weighted by Gasteiger charge is -1.84. The molecule has 70 valence electrons. The minimum absolute atomic E-state index is 0.0288. The molecule has 0 saturated carbocycles. The fourth-order valence-corrected chi connectivity index (χ4v) is 0.610. The standard InChI is InChI=1S/C4H7O4P.HO2P/c1-9(7)8-3-2-4(5)6;1-3-2/h2-3H2,1H3;(H,1,2)/p+1. The maximum Gasteiger partial charge on any atom is 0.504 e. The van der Waals surface area contributed by atoms with Gasteiger partial charge in [-0.2, -0.15) is 0 Å². The predicted octanol–water partition coefficient (Wildman–Crippen LogP) is 1.04. The van der Waals surface area contributed by atoms with Crippen LogP contribution in [0, 0.1) is 0 Å². The van der Waals surface area contributed by atoms with Gasteiger partial charge in [0, 0.05) is 0 Å². The summed E-state index contributed by atoms with van der Waals surface area (Å²) in [5.41, 5.74) is 0. The van der Waals surface area contributed by atoms with Gasteiger partial charge in [0.2, 0.25) is 0 Å². The molecule has 0 saturated heterocycles. The smallest absolute Gasteiger partial charge is 0.481 e. The van der Waals surface area contributed by atoms with Crippen LogP contribution in [0.1, 0.15) is 6.42 Å². The lowest BCUT2D eigenvalue weighted by Crippen LogP contribution is -1.98. The zero-order valence-corrected chi connectivity index (χ0v) is 8.12. The summed E-state index contributed by atoms with van der Waals surface area (Å²) in [6.07, 6.45) is -0.0884.